The highest BCUT2D eigenvalue weighted by Gasteiger charge is 2.48. The van der Waals surface area contributed by atoms with Crippen LogP contribution >= 0.6 is 12.4 Å². The third-order valence-electron chi connectivity index (χ3n) is 2.73. The number of ether oxygens (including phenoxy) is 2. The molecule has 1 rings (SSSR count). The summed E-state index contributed by atoms with van der Waals surface area (Å²) in [5.41, 5.74) is -6.35. The SMILES string of the molecule is COC(=O)[C@@H](Nc1ccc(OS(=O)(=O)C(F)(F)F)cc1)C(=O)OC(C)(C)C.Cl. The molecule has 0 fully saturated rings. The summed E-state index contributed by atoms with van der Waals surface area (Å²) >= 11 is 0. The first-order valence-corrected chi connectivity index (χ1v) is 8.75. The number of carbonyl (C=O) groups excluding carboxylic acids is 2. The second kappa shape index (κ2) is 9.32. The van der Waals surface area contributed by atoms with Crippen molar-refractivity contribution in [2.24, 2.45) is 0 Å². The van der Waals surface area contributed by atoms with Crippen LogP contribution in [0, 0.1) is 0 Å². The average molecular weight is 450 g/mol. The maximum Gasteiger partial charge on any atom is 0.534 e. The summed E-state index contributed by atoms with van der Waals surface area (Å²) < 4.78 is 72.3. The van der Waals surface area contributed by atoms with E-state index in [0.717, 1.165) is 31.4 Å². The normalized spacial score (nSPS) is 13.0. The van der Waals surface area contributed by atoms with E-state index in [1.165, 1.54) is 0 Å². The molecule has 0 aliphatic rings. The Balaban J connectivity index is 0.00000729. The Morgan fingerprint density at radius 2 is 1.54 bits per heavy atom. The van der Waals surface area contributed by atoms with Gasteiger partial charge in [0.25, 0.3) is 0 Å². The van der Waals surface area contributed by atoms with Crippen molar-refractivity contribution in [2.45, 2.75) is 37.9 Å². The molecule has 1 aromatic rings. The summed E-state index contributed by atoms with van der Waals surface area (Å²) in [7, 11) is -4.75. The van der Waals surface area contributed by atoms with Crippen LogP contribution in [-0.4, -0.2) is 44.6 Å². The van der Waals surface area contributed by atoms with Crippen molar-refractivity contribution in [2.75, 3.05) is 12.4 Å². The number of nitrogens with one attached hydrogen (secondary N) is 1. The van der Waals surface area contributed by atoms with Crippen LogP contribution in [0.1, 0.15) is 20.8 Å². The molecule has 0 saturated heterocycles. The molecule has 8 nitrogen and oxygen atoms in total. The molecule has 0 aromatic heterocycles. The summed E-state index contributed by atoms with van der Waals surface area (Å²) in [6.45, 7) is 4.77. The number of rotatable bonds is 6. The second-order valence-electron chi connectivity index (χ2n) is 6.14. The molecule has 0 heterocycles. The van der Waals surface area contributed by atoms with Gasteiger partial charge >= 0.3 is 27.6 Å². The molecule has 1 atom stereocenters. The van der Waals surface area contributed by atoms with Crippen molar-refractivity contribution < 1.29 is 44.8 Å². The molecule has 0 bridgehead atoms. The fourth-order valence-corrected chi connectivity index (χ4v) is 2.10. The zero-order valence-electron chi connectivity index (χ0n) is 15.2. The van der Waals surface area contributed by atoms with Crippen LogP contribution in [0.5, 0.6) is 5.75 Å². The third-order valence-corrected chi connectivity index (χ3v) is 3.71. The third kappa shape index (κ3) is 7.43. The maximum atomic E-state index is 12.3. The van der Waals surface area contributed by atoms with Crippen LogP contribution < -0.4 is 9.50 Å². The first-order chi connectivity index (χ1) is 12.2. The van der Waals surface area contributed by atoms with E-state index in [1.54, 1.807) is 20.8 Å². The lowest BCUT2D eigenvalue weighted by Gasteiger charge is -2.23. The second-order valence-corrected chi connectivity index (χ2v) is 7.68. The first-order valence-electron chi connectivity index (χ1n) is 7.34. The lowest BCUT2D eigenvalue weighted by molar-refractivity contribution is -0.162. The number of carbonyl (C=O) groups is 2. The molecular weight excluding hydrogens is 431 g/mol. The Hall–Kier alpha value is -2.21. The monoisotopic (exact) mass is 449 g/mol. The molecule has 0 aliphatic heterocycles. The number of methoxy groups -OCH3 is 1. The highest BCUT2D eigenvalue weighted by molar-refractivity contribution is 7.88. The fraction of sp³-hybridized carbons (Fsp3) is 0.467. The molecule has 13 heteroatoms. The average Bonchev–Trinajstić information content (AvgIpc) is 2.50. The van der Waals surface area contributed by atoms with Gasteiger partial charge in [-0.15, -0.1) is 12.4 Å². The van der Waals surface area contributed by atoms with Gasteiger partial charge < -0.3 is 19.0 Å². The zero-order valence-corrected chi connectivity index (χ0v) is 16.8. The summed E-state index contributed by atoms with van der Waals surface area (Å²) in [5.74, 6) is -2.50. The van der Waals surface area contributed by atoms with E-state index in [9.17, 15) is 31.2 Å². The Kier molecular flexibility index (Phi) is 8.59. The predicted molar refractivity (Wildman–Crippen MR) is 94.6 cm³/mol. The van der Waals surface area contributed by atoms with Gasteiger partial charge in [-0.2, -0.15) is 21.6 Å². The van der Waals surface area contributed by atoms with Gasteiger partial charge in [0.2, 0.25) is 6.04 Å². The van der Waals surface area contributed by atoms with Crippen LogP contribution in [0.4, 0.5) is 18.9 Å². The molecule has 0 saturated carbocycles. The van der Waals surface area contributed by atoms with Gasteiger partial charge in [0.15, 0.2) is 0 Å². The Morgan fingerprint density at radius 3 is 1.93 bits per heavy atom. The number of benzene rings is 1. The van der Waals surface area contributed by atoms with Gasteiger partial charge in [-0.05, 0) is 45.0 Å². The number of esters is 2. The van der Waals surface area contributed by atoms with Crippen molar-refractivity contribution in [3.05, 3.63) is 24.3 Å². The summed E-state index contributed by atoms with van der Waals surface area (Å²) in [4.78, 5) is 23.9. The van der Waals surface area contributed by atoms with E-state index in [1.807, 2.05) is 0 Å². The van der Waals surface area contributed by atoms with Crippen molar-refractivity contribution in [3.63, 3.8) is 0 Å². The van der Waals surface area contributed by atoms with Crippen molar-refractivity contribution in [3.8, 4) is 5.75 Å². The molecule has 28 heavy (non-hydrogen) atoms. The van der Waals surface area contributed by atoms with Crippen molar-refractivity contribution in [1.82, 2.24) is 0 Å². The summed E-state index contributed by atoms with van der Waals surface area (Å²) in [6.07, 6.45) is 0. The van der Waals surface area contributed by atoms with Gasteiger partial charge in [-0.25, -0.2) is 9.59 Å². The van der Waals surface area contributed by atoms with Gasteiger partial charge in [0.1, 0.15) is 11.4 Å². The molecule has 1 aromatic carbocycles. The van der Waals surface area contributed by atoms with Crippen LogP contribution in [0.15, 0.2) is 24.3 Å². The van der Waals surface area contributed by atoms with E-state index in [4.69, 9.17) is 4.74 Å². The molecule has 0 unspecified atom stereocenters. The van der Waals surface area contributed by atoms with Crippen molar-refractivity contribution in [1.29, 1.82) is 0 Å². The van der Waals surface area contributed by atoms with Crippen LogP contribution in [0.2, 0.25) is 0 Å². The van der Waals surface area contributed by atoms with E-state index < -0.39 is 45.0 Å². The predicted octanol–water partition coefficient (Wildman–Crippen LogP) is 2.63. The molecule has 0 amide bonds. The molecule has 160 valence electrons. The van der Waals surface area contributed by atoms with E-state index in [2.05, 4.69) is 14.2 Å². The number of anilines is 1. The zero-order chi connectivity index (χ0) is 21.0. The Morgan fingerprint density at radius 1 is 1.04 bits per heavy atom. The standard InChI is InChI=1S/C15H18F3NO7S.ClH/c1-14(2,3)25-13(21)11(12(20)24-4)19-9-5-7-10(8-6-9)26-27(22,23)15(16,17)18;/h5-8,11,19H,1-4H3;1H/t11-;/m1./s1. The van der Waals surface area contributed by atoms with Crippen molar-refractivity contribution >= 4 is 40.2 Å². The Labute approximate surface area is 165 Å². The number of alkyl halides is 3. The fourth-order valence-electron chi connectivity index (χ4n) is 1.64. The van der Waals surface area contributed by atoms with Crippen LogP contribution in [-0.2, 0) is 29.2 Å². The number of halogens is 4. The van der Waals surface area contributed by atoms with Gasteiger partial charge in [-0.1, -0.05) is 0 Å². The number of hydrogen-bond donors (Lipinski definition) is 1. The summed E-state index contributed by atoms with van der Waals surface area (Å²) in [5, 5.41) is 2.50. The largest absolute Gasteiger partial charge is 0.534 e. The lowest BCUT2D eigenvalue weighted by Crippen LogP contribution is -2.42. The minimum atomic E-state index is -5.81. The highest BCUT2D eigenvalue weighted by atomic mass is 35.5. The van der Waals surface area contributed by atoms with Gasteiger partial charge in [-0.3, -0.25) is 0 Å². The van der Waals surface area contributed by atoms with E-state index in [-0.39, 0.29) is 18.1 Å². The first kappa shape index (κ1) is 25.8. The molecule has 1 N–H and O–H groups in total. The molecule has 0 aliphatic carbocycles. The van der Waals surface area contributed by atoms with Crippen LogP contribution in [0.3, 0.4) is 0 Å². The molecule has 0 spiro atoms. The van der Waals surface area contributed by atoms with Gasteiger partial charge in [0, 0.05) is 5.69 Å². The topological polar surface area (TPSA) is 108 Å². The minimum Gasteiger partial charge on any atom is -0.467 e. The smallest absolute Gasteiger partial charge is 0.467 e. The molecule has 0 radical (unpaired) electrons. The lowest BCUT2D eigenvalue weighted by atomic mass is 10.2. The molecular formula is C15H19ClF3NO7S. The van der Waals surface area contributed by atoms with Gasteiger partial charge in [0.05, 0.1) is 7.11 Å². The Bertz CT molecular complexity index is 789. The highest BCUT2D eigenvalue weighted by Crippen LogP contribution is 2.27. The number of hydrogen-bond acceptors (Lipinski definition) is 8. The van der Waals surface area contributed by atoms with Crippen LogP contribution in [0.25, 0.3) is 0 Å². The minimum absolute atomic E-state index is 0. The quantitative estimate of drug-likeness (QED) is 0.305. The van der Waals surface area contributed by atoms with E-state index in [0.29, 0.717) is 0 Å². The van der Waals surface area contributed by atoms with E-state index >= 15 is 0 Å². The summed E-state index contributed by atoms with van der Waals surface area (Å²) in [6, 6.07) is 2.51. The maximum absolute atomic E-state index is 12.3.